The molecule has 5 heteroatoms. The maximum absolute atomic E-state index is 12.0. The molecule has 4 nitrogen and oxygen atoms in total. The second kappa shape index (κ2) is 8.48. The van der Waals surface area contributed by atoms with Crippen LogP contribution in [0.25, 0.3) is 11.0 Å². The summed E-state index contributed by atoms with van der Waals surface area (Å²) in [5, 5.41) is 5.14. The molecule has 0 unspecified atom stereocenters. The highest BCUT2D eigenvalue weighted by molar-refractivity contribution is 6.32. The van der Waals surface area contributed by atoms with Crippen molar-refractivity contribution in [1.82, 2.24) is 10.2 Å². The summed E-state index contributed by atoms with van der Waals surface area (Å²) in [4.78, 5) is 14.5. The number of halogens is 1. The van der Waals surface area contributed by atoms with Gasteiger partial charge in [0.05, 0.1) is 0 Å². The molecule has 1 atom stereocenters. The van der Waals surface area contributed by atoms with E-state index in [0.29, 0.717) is 23.2 Å². The Balaban J connectivity index is 1.55. The lowest BCUT2D eigenvalue weighted by Gasteiger charge is -2.28. The summed E-state index contributed by atoms with van der Waals surface area (Å²) < 4.78 is 5.37. The highest BCUT2D eigenvalue weighted by atomic mass is 35.5. The van der Waals surface area contributed by atoms with Crippen molar-refractivity contribution >= 4 is 22.6 Å². The van der Waals surface area contributed by atoms with E-state index in [1.807, 2.05) is 19.1 Å². The van der Waals surface area contributed by atoms with Gasteiger partial charge in [-0.3, -0.25) is 4.90 Å². The predicted molar refractivity (Wildman–Crippen MR) is 114 cm³/mol. The van der Waals surface area contributed by atoms with Crippen molar-refractivity contribution < 1.29 is 4.42 Å². The van der Waals surface area contributed by atoms with E-state index >= 15 is 0 Å². The number of aryl methyl sites for hydroxylation is 1. The number of fused-ring (bicyclic) bond motifs is 1. The van der Waals surface area contributed by atoms with Gasteiger partial charge >= 0.3 is 5.63 Å². The summed E-state index contributed by atoms with van der Waals surface area (Å²) in [5.74, 6) is 0. The molecule has 1 fully saturated rings. The van der Waals surface area contributed by atoms with Crippen LogP contribution in [0, 0.1) is 6.92 Å². The van der Waals surface area contributed by atoms with Crippen molar-refractivity contribution in [3.8, 4) is 0 Å². The second-order valence-corrected chi connectivity index (χ2v) is 7.90. The molecule has 0 spiro atoms. The van der Waals surface area contributed by atoms with Gasteiger partial charge in [-0.2, -0.15) is 0 Å². The first-order valence-electron chi connectivity index (χ1n) is 9.84. The van der Waals surface area contributed by atoms with Gasteiger partial charge in [-0.15, -0.1) is 0 Å². The molecule has 0 saturated carbocycles. The molecular formula is C23H25ClN2O2. The van der Waals surface area contributed by atoms with Gasteiger partial charge in [0.25, 0.3) is 0 Å². The summed E-state index contributed by atoms with van der Waals surface area (Å²) in [7, 11) is 0. The van der Waals surface area contributed by atoms with Crippen LogP contribution in [0.15, 0.2) is 57.7 Å². The fourth-order valence-electron chi connectivity index (χ4n) is 4.02. The largest absolute Gasteiger partial charge is 0.423 e. The molecule has 0 aliphatic carbocycles. The first kappa shape index (κ1) is 19.2. The van der Waals surface area contributed by atoms with Crippen molar-refractivity contribution in [2.75, 3.05) is 19.6 Å². The van der Waals surface area contributed by atoms with E-state index in [4.69, 9.17) is 16.0 Å². The number of rotatable bonds is 6. The summed E-state index contributed by atoms with van der Waals surface area (Å²) in [6.07, 6.45) is 2.51. The molecule has 1 aliphatic heterocycles. The second-order valence-electron chi connectivity index (χ2n) is 7.49. The summed E-state index contributed by atoms with van der Waals surface area (Å²) in [6, 6.07) is 16.3. The van der Waals surface area contributed by atoms with Gasteiger partial charge in [0.2, 0.25) is 0 Å². The van der Waals surface area contributed by atoms with Crippen molar-refractivity contribution in [2.45, 2.75) is 32.4 Å². The van der Waals surface area contributed by atoms with Crippen LogP contribution < -0.4 is 10.9 Å². The van der Waals surface area contributed by atoms with E-state index in [9.17, 15) is 4.79 Å². The average Bonchev–Trinajstić information content (AvgIpc) is 3.21. The van der Waals surface area contributed by atoms with E-state index in [2.05, 4.69) is 40.5 Å². The lowest BCUT2D eigenvalue weighted by atomic mass is 10.0. The average molecular weight is 397 g/mol. The lowest BCUT2D eigenvalue weighted by molar-refractivity contribution is 0.238. The molecular weight excluding hydrogens is 372 g/mol. The topological polar surface area (TPSA) is 45.5 Å². The van der Waals surface area contributed by atoms with Crippen molar-refractivity contribution in [1.29, 1.82) is 0 Å². The van der Waals surface area contributed by atoms with E-state index < -0.39 is 0 Å². The maximum atomic E-state index is 12.0. The Hall–Kier alpha value is -2.14. The number of likely N-dealkylation sites (tertiary alicyclic amines) is 1. The first-order valence-corrected chi connectivity index (χ1v) is 10.2. The highest BCUT2D eigenvalue weighted by Crippen LogP contribution is 2.26. The molecule has 28 heavy (non-hydrogen) atoms. The number of hydrogen-bond donors (Lipinski definition) is 1. The summed E-state index contributed by atoms with van der Waals surface area (Å²) in [5.41, 5.74) is 3.41. The highest BCUT2D eigenvalue weighted by Gasteiger charge is 2.23. The zero-order valence-corrected chi connectivity index (χ0v) is 16.8. The van der Waals surface area contributed by atoms with Crippen LogP contribution in [0.3, 0.4) is 0 Å². The van der Waals surface area contributed by atoms with Gasteiger partial charge in [-0.25, -0.2) is 4.79 Å². The zero-order valence-electron chi connectivity index (χ0n) is 16.1. The quantitative estimate of drug-likeness (QED) is 0.614. The van der Waals surface area contributed by atoms with Crippen LogP contribution in [0.2, 0.25) is 5.02 Å². The molecule has 0 amide bonds. The molecule has 2 aromatic carbocycles. The number of nitrogens with one attached hydrogen (secondary N) is 1. The number of nitrogens with zero attached hydrogens (tertiary/aromatic N) is 1. The van der Waals surface area contributed by atoms with Gasteiger partial charge in [0.1, 0.15) is 5.58 Å². The van der Waals surface area contributed by atoms with E-state index in [-0.39, 0.29) is 5.63 Å². The third-order valence-electron chi connectivity index (χ3n) is 5.53. The van der Waals surface area contributed by atoms with Gasteiger partial charge < -0.3 is 9.73 Å². The molecule has 146 valence electrons. The fraction of sp³-hybridized carbons (Fsp3) is 0.348. The predicted octanol–water partition coefficient (Wildman–Crippen LogP) is 4.68. The van der Waals surface area contributed by atoms with Crippen molar-refractivity contribution in [3.05, 3.63) is 80.7 Å². The molecule has 2 heterocycles. The Bertz CT molecular complexity index is 1010. The Morgan fingerprint density at radius 3 is 2.64 bits per heavy atom. The normalized spacial score (nSPS) is 15.9. The van der Waals surface area contributed by atoms with Crippen LogP contribution >= 0.6 is 11.6 Å². The van der Waals surface area contributed by atoms with E-state index in [0.717, 1.165) is 36.1 Å². The fourth-order valence-corrected chi connectivity index (χ4v) is 4.19. The van der Waals surface area contributed by atoms with Gasteiger partial charge in [-0.05, 0) is 61.7 Å². The molecule has 4 rings (SSSR count). The standard InChI is InChI=1S/C23H25ClN2O2/c1-16-11-22-19(13-20(16)24)18(12-23(27)28-22)14-25-15-21(26-9-5-6-10-26)17-7-3-2-4-8-17/h2-4,7-8,11-13,21,25H,5-6,9-10,14-15H2,1H3/t21-/m1/s1. The molecule has 0 bridgehead atoms. The van der Waals surface area contributed by atoms with Crippen LogP contribution in [-0.2, 0) is 6.54 Å². The molecule has 1 aromatic heterocycles. The van der Waals surface area contributed by atoms with Crippen LogP contribution in [0.5, 0.6) is 0 Å². The van der Waals surface area contributed by atoms with Gasteiger partial charge in [-0.1, -0.05) is 41.9 Å². The minimum Gasteiger partial charge on any atom is -0.423 e. The monoisotopic (exact) mass is 396 g/mol. The van der Waals surface area contributed by atoms with E-state index in [1.165, 1.54) is 18.4 Å². The molecule has 1 aliphatic rings. The molecule has 1 N–H and O–H groups in total. The van der Waals surface area contributed by atoms with Crippen LogP contribution in [0.4, 0.5) is 0 Å². The van der Waals surface area contributed by atoms with Crippen LogP contribution in [0.1, 0.15) is 35.6 Å². The maximum Gasteiger partial charge on any atom is 0.336 e. The SMILES string of the molecule is Cc1cc2oc(=O)cc(CNC[C@H](c3ccccc3)N3CCCC3)c2cc1Cl. The zero-order chi connectivity index (χ0) is 19.5. The third kappa shape index (κ3) is 4.14. The summed E-state index contributed by atoms with van der Waals surface area (Å²) >= 11 is 6.30. The molecule has 3 aromatic rings. The first-order chi connectivity index (χ1) is 13.6. The molecule has 0 radical (unpaired) electrons. The Labute approximate surface area is 170 Å². The third-order valence-corrected chi connectivity index (χ3v) is 5.94. The Morgan fingerprint density at radius 1 is 1.14 bits per heavy atom. The van der Waals surface area contributed by atoms with Crippen molar-refractivity contribution in [3.63, 3.8) is 0 Å². The summed E-state index contributed by atoms with van der Waals surface area (Å²) in [6.45, 7) is 5.60. The van der Waals surface area contributed by atoms with Crippen molar-refractivity contribution in [2.24, 2.45) is 0 Å². The minimum absolute atomic E-state index is 0.329. The molecule has 1 saturated heterocycles. The minimum atomic E-state index is -0.329. The number of benzene rings is 2. The Kier molecular flexibility index (Phi) is 5.81. The smallest absolute Gasteiger partial charge is 0.336 e. The van der Waals surface area contributed by atoms with Gasteiger partial charge in [0, 0.05) is 35.6 Å². The van der Waals surface area contributed by atoms with E-state index in [1.54, 1.807) is 6.07 Å². The Morgan fingerprint density at radius 2 is 1.89 bits per heavy atom. The van der Waals surface area contributed by atoms with Gasteiger partial charge in [0.15, 0.2) is 0 Å². The van der Waals surface area contributed by atoms with Crippen LogP contribution in [-0.4, -0.2) is 24.5 Å². The number of hydrogen-bond acceptors (Lipinski definition) is 4. The lowest BCUT2D eigenvalue weighted by Crippen LogP contribution is -2.34.